The Morgan fingerprint density at radius 2 is 1.91 bits per heavy atom. The van der Waals surface area contributed by atoms with E-state index in [1.807, 2.05) is 5.32 Å². The molecule has 4 heterocycles. The zero-order chi connectivity index (χ0) is 32.7. The third-order valence-corrected chi connectivity index (χ3v) is 7.56. The van der Waals surface area contributed by atoms with E-state index in [2.05, 4.69) is 30.3 Å². The maximum atomic E-state index is 13.6. The summed E-state index contributed by atoms with van der Waals surface area (Å²) in [6.07, 6.45) is -7.17. The summed E-state index contributed by atoms with van der Waals surface area (Å²) < 4.78 is 97.7. The third-order valence-electron chi connectivity index (χ3n) is 7.56. The molecule has 44 heavy (non-hydrogen) atoms. The zero-order valence-corrected chi connectivity index (χ0v) is 24.2. The van der Waals surface area contributed by atoms with Crippen molar-refractivity contribution < 1.29 is 50.0 Å². The molecule has 4 rings (SSSR count). The Morgan fingerprint density at radius 3 is 2.50 bits per heavy atom. The Morgan fingerprint density at radius 1 is 1.20 bits per heavy atom. The Bertz CT molecular complexity index is 1510. The van der Waals surface area contributed by atoms with E-state index in [4.69, 9.17) is 9.47 Å². The van der Waals surface area contributed by atoms with Gasteiger partial charge in [0.2, 0.25) is 5.69 Å². The van der Waals surface area contributed by atoms with Gasteiger partial charge in [0.25, 0.3) is 11.8 Å². The molecule has 13 nitrogen and oxygen atoms in total. The summed E-state index contributed by atoms with van der Waals surface area (Å²) in [4.78, 5) is 31.0. The normalized spacial score (nSPS) is 19.2. The Hall–Kier alpha value is -4.16. The fourth-order valence-electron chi connectivity index (χ4n) is 4.58. The predicted octanol–water partition coefficient (Wildman–Crippen LogP) is 3.99. The van der Waals surface area contributed by atoms with Gasteiger partial charge in [-0.15, -0.1) is 0 Å². The van der Waals surface area contributed by atoms with Gasteiger partial charge in [-0.3, -0.25) is 4.79 Å². The van der Waals surface area contributed by atoms with Crippen LogP contribution in [-0.4, -0.2) is 87.0 Å². The molecule has 0 spiro atoms. The minimum absolute atomic E-state index is 0.128. The number of methoxy groups -OCH3 is 2. The molecule has 2 N–H and O–H groups in total. The van der Waals surface area contributed by atoms with Crippen LogP contribution in [0.15, 0.2) is 23.1 Å². The van der Waals surface area contributed by atoms with Crippen LogP contribution in [0, 0.1) is 5.41 Å². The summed E-state index contributed by atoms with van der Waals surface area (Å²) in [6.45, 7) is 2.06. The van der Waals surface area contributed by atoms with E-state index in [1.165, 1.54) is 37.2 Å². The molecule has 3 aromatic heterocycles. The summed E-state index contributed by atoms with van der Waals surface area (Å²) in [6, 6.07) is -1.57. The van der Waals surface area contributed by atoms with Gasteiger partial charge in [0.1, 0.15) is 0 Å². The molecule has 3 aromatic rings. The van der Waals surface area contributed by atoms with Gasteiger partial charge in [-0.25, -0.2) is 18.9 Å². The molecule has 1 aliphatic heterocycles. The van der Waals surface area contributed by atoms with Gasteiger partial charge in [0, 0.05) is 12.7 Å². The smallest absolute Gasteiger partial charge is 0.413 e. The van der Waals surface area contributed by atoms with Crippen LogP contribution in [0.4, 0.5) is 31.1 Å². The summed E-state index contributed by atoms with van der Waals surface area (Å²) in [5.41, 5.74) is -4.38. The molecule has 0 aliphatic carbocycles. The van der Waals surface area contributed by atoms with Crippen LogP contribution in [0.5, 0.6) is 5.88 Å². The van der Waals surface area contributed by atoms with Gasteiger partial charge in [-0.2, -0.15) is 31.4 Å². The quantitative estimate of drug-likeness (QED) is 0.298. The molecular formula is C25H30F6N8O5. The number of halogens is 6. The lowest BCUT2D eigenvalue weighted by Gasteiger charge is -2.29. The van der Waals surface area contributed by atoms with E-state index in [-0.39, 0.29) is 41.5 Å². The van der Waals surface area contributed by atoms with Crippen LogP contribution in [0.3, 0.4) is 0 Å². The van der Waals surface area contributed by atoms with Gasteiger partial charge in [0.15, 0.2) is 11.2 Å². The molecular weight excluding hydrogens is 606 g/mol. The first-order valence-corrected chi connectivity index (χ1v) is 13.1. The maximum absolute atomic E-state index is 13.6. The molecule has 0 aromatic carbocycles. The highest BCUT2D eigenvalue weighted by Crippen LogP contribution is 2.42. The van der Waals surface area contributed by atoms with Crippen molar-refractivity contribution in [3.63, 3.8) is 0 Å². The highest BCUT2D eigenvalue weighted by Gasteiger charge is 2.58. The standard InChI is InChI=1S/C25H30F6N8O5/c1-22(2,24(26,27)28)7-6-14(34-19(40)18-20(43-5)37-44-36-18)15-10-39-17(33-15)8-13(9-32-39)16(11-42-4)38-12-23(3,25(29,30)31)35-21(38)41/h8-10,14,16H,6-7,11-12H2,1-5H3,(H,34,40)(H,35,41)/t14-,16+,23-/m0/s1. The Balaban J connectivity index is 1.67. The van der Waals surface area contributed by atoms with Crippen molar-refractivity contribution >= 4 is 17.6 Å². The zero-order valence-electron chi connectivity index (χ0n) is 24.2. The second-order valence-corrected chi connectivity index (χ2v) is 11.2. The van der Waals surface area contributed by atoms with Crippen molar-refractivity contribution in [1.29, 1.82) is 0 Å². The molecule has 0 radical (unpaired) electrons. The van der Waals surface area contributed by atoms with E-state index in [0.717, 1.165) is 25.7 Å². The van der Waals surface area contributed by atoms with E-state index in [9.17, 15) is 35.9 Å². The van der Waals surface area contributed by atoms with Crippen LogP contribution in [-0.2, 0) is 4.74 Å². The molecule has 3 atom stereocenters. The van der Waals surface area contributed by atoms with Crippen molar-refractivity contribution in [3.8, 4) is 5.88 Å². The number of carbonyl (C=O) groups excluding carboxylic acids is 2. The van der Waals surface area contributed by atoms with Crippen molar-refractivity contribution in [2.45, 2.75) is 63.6 Å². The minimum atomic E-state index is -4.72. The number of carbonyl (C=O) groups is 2. The Kier molecular flexibility index (Phi) is 8.73. The molecule has 0 bridgehead atoms. The number of alkyl halides is 6. The fourth-order valence-corrected chi connectivity index (χ4v) is 4.58. The largest absolute Gasteiger partial charge is 0.477 e. The molecule has 1 aliphatic rings. The van der Waals surface area contributed by atoms with E-state index in [1.54, 1.807) is 0 Å². The van der Waals surface area contributed by atoms with Gasteiger partial charge in [0.05, 0.1) is 55.8 Å². The van der Waals surface area contributed by atoms with E-state index in [0.29, 0.717) is 0 Å². The van der Waals surface area contributed by atoms with Crippen molar-refractivity contribution in [2.24, 2.45) is 5.41 Å². The maximum Gasteiger partial charge on any atom is 0.413 e. The van der Waals surface area contributed by atoms with Gasteiger partial charge < -0.3 is 25.0 Å². The van der Waals surface area contributed by atoms with Crippen molar-refractivity contribution in [3.05, 3.63) is 35.4 Å². The predicted molar refractivity (Wildman–Crippen MR) is 137 cm³/mol. The molecule has 1 saturated heterocycles. The topological polar surface area (TPSA) is 149 Å². The van der Waals surface area contributed by atoms with Gasteiger partial charge in [-0.05, 0) is 36.1 Å². The van der Waals surface area contributed by atoms with Gasteiger partial charge in [-0.1, -0.05) is 13.8 Å². The van der Waals surface area contributed by atoms with Crippen LogP contribution < -0.4 is 15.4 Å². The van der Waals surface area contributed by atoms with Crippen molar-refractivity contribution in [1.82, 2.24) is 40.4 Å². The molecule has 0 unspecified atom stereocenters. The van der Waals surface area contributed by atoms with E-state index < -0.39 is 60.3 Å². The number of rotatable bonds is 11. The number of ether oxygens (including phenoxy) is 2. The number of urea groups is 1. The first kappa shape index (κ1) is 32.7. The second-order valence-electron chi connectivity index (χ2n) is 11.2. The molecule has 19 heteroatoms. The first-order valence-electron chi connectivity index (χ1n) is 13.1. The Labute approximate surface area is 246 Å². The number of aromatic nitrogens is 5. The highest BCUT2D eigenvalue weighted by atomic mass is 19.4. The number of imidazole rings is 1. The molecule has 3 amide bonds. The summed E-state index contributed by atoms with van der Waals surface area (Å²) in [7, 11) is 2.54. The number of hydrogen-bond acceptors (Lipinski definition) is 9. The van der Waals surface area contributed by atoms with E-state index >= 15 is 0 Å². The SMILES string of the molecule is COC[C@H](c1cnn2cc([C@H](CCC(C)(C)C(F)(F)F)NC(=O)c3nonc3OC)nc2c1)N1C[C@@](C)(C(F)(F)F)NC1=O. The van der Waals surface area contributed by atoms with Crippen molar-refractivity contribution in [2.75, 3.05) is 27.4 Å². The van der Waals surface area contributed by atoms with Gasteiger partial charge >= 0.3 is 18.4 Å². The highest BCUT2D eigenvalue weighted by molar-refractivity contribution is 5.94. The minimum Gasteiger partial charge on any atom is -0.477 e. The average molecular weight is 637 g/mol. The average Bonchev–Trinajstić information content (AvgIpc) is 3.65. The number of nitrogens with one attached hydrogen (secondary N) is 2. The molecule has 242 valence electrons. The molecule has 1 fully saturated rings. The number of amides is 3. The summed E-state index contributed by atoms with van der Waals surface area (Å²) in [5.74, 6) is -1.09. The second kappa shape index (κ2) is 11.7. The molecule has 0 saturated carbocycles. The monoisotopic (exact) mass is 636 g/mol. The van der Waals surface area contributed by atoms with Crippen LogP contribution in [0.1, 0.15) is 67.4 Å². The van der Waals surface area contributed by atoms with Crippen LogP contribution in [0.2, 0.25) is 0 Å². The summed E-state index contributed by atoms with van der Waals surface area (Å²) >= 11 is 0. The number of hydrogen-bond donors (Lipinski definition) is 2. The number of nitrogens with zero attached hydrogens (tertiary/aromatic N) is 6. The lowest BCUT2D eigenvalue weighted by Crippen LogP contribution is -2.53. The van der Waals surface area contributed by atoms with Crippen LogP contribution in [0.25, 0.3) is 5.65 Å². The summed E-state index contributed by atoms with van der Waals surface area (Å²) in [5, 5.41) is 15.7. The van der Waals surface area contributed by atoms with Crippen LogP contribution >= 0.6 is 0 Å². The third kappa shape index (κ3) is 6.36. The fraction of sp³-hybridized carbons (Fsp3) is 0.600. The lowest BCUT2D eigenvalue weighted by molar-refractivity contribution is -0.214. The first-order chi connectivity index (χ1) is 20.4. The number of fused-ring (bicyclic) bond motifs is 1. The lowest BCUT2D eigenvalue weighted by atomic mass is 9.85.